The van der Waals surface area contributed by atoms with Crippen molar-refractivity contribution in [3.8, 4) is 0 Å². The molecule has 2 N–H and O–H groups in total. The maximum absolute atomic E-state index is 11.8. The van der Waals surface area contributed by atoms with Gasteiger partial charge in [-0.25, -0.2) is 0 Å². The van der Waals surface area contributed by atoms with Gasteiger partial charge in [0.05, 0.1) is 4.92 Å². The fourth-order valence-electron chi connectivity index (χ4n) is 1.69. The highest BCUT2D eigenvalue weighted by atomic mass is 35.5. The fourth-order valence-corrected chi connectivity index (χ4v) is 1.92. The van der Waals surface area contributed by atoms with Gasteiger partial charge in [-0.1, -0.05) is 18.0 Å². The second kappa shape index (κ2) is 8.21. The first kappa shape index (κ1) is 16.9. The maximum Gasteiger partial charge on any atom is 0.303 e. The molecular formula is C13H15ClN2O5. The van der Waals surface area contributed by atoms with E-state index in [0.29, 0.717) is 25.8 Å². The Kier molecular flexibility index (Phi) is 6.61. The average molecular weight is 315 g/mol. The molecule has 0 spiro atoms. The molecule has 0 bridgehead atoms. The minimum atomic E-state index is -0.842. The molecule has 0 atom stereocenters. The number of non-ortho nitro benzene ring substituents is 1. The Bertz CT molecular complexity index is 547. The molecule has 0 aliphatic carbocycles. The highest BCUT2D eigenvalue weighted by Gasteiger charge is 2.13. The number of carbonyl (C=O) groups excluding carboxylic acids is 1. The smallest absolute Gasteiger partial charge is 0.303 e. The Morgan fingerprint density at radius 3 is 2.57 bits per heavy atom. The summed E-state index contributed by atoms with van der Waals surface area (Å²) in [6.45, 7) is 0.374. The molecule has 1 rings (SSSR count). The molecular weight excluding hydrogens is 300 g/mol. The molecule has 1 amide bonds. The number of halogens is 1. The van der Waals surface area contributed by atoms with Gasteiger partial charge in [0.25, 0.3) is 11.6 Å². The van der Waals surface area contributed by atoms with Gasteiger partial charge in [-0.05, 0) is 18.9 Å². The van der Waals surface area contributed by atoms with Gasteiger partial charge in [-0.2, -0.15) is 0 Å². The Hall–Kier alpha value is -2.15. The lowest BCUT2D eigenvalue weighted by atomic mass is 10.1. The SMILES string of the molecule is O=C(O)CCCCCNC(=O)c1cc(Cl)cc([N+](=O)[O-])c1. The van der Waals surface area contributed by atoms with Crippen LogP contribution >= 0.6 is 11.6 Å². The van der Waals surface area contributed by atoms with Gasteiger partial charge in [0.15, 0.2) is 0 Å². The van der Waals surface area contributed by atoms with Crippen LogP contribution in [0.25, 0.3) is 0 Å². The van der Waals surface area contributed by atoms with E-state index in [1.54, 1.807) is 0 Å². The van der Waals surface area contributed by atoms with Gasteiger partial charge in [0.1, 0.15) is 0 Å². The molecule has 1 aromatic rings. The third kappa shape index (κ3) is 6.22. The first-order valence-electron chi connectivity index (χ1n) is 6.35. The van der Waals surface area contributed by atoms with Crippen LogP contribution < -0.4 is 5.32 Å². The van der Waals surface area contributed by atoms with Gasteiger partial charge in [0.2, 0.25) is 0 Å². The van der Waals surface area contributed by atoms with Crippen molar-refractivity contribution in [3.63, 3.8) is 0 Å². The van der Waals surface area contributed by atoms with Crippen LogP contribution in [-0.2, 0) is 4.79 Å². The van der Waals surface area contributed by atoms with E-state index in [2.05, 4.69) is 5.32 Å². The molecule has 114 valence electrons. The number of carboxylic acid groups (broad SMARTS) is 1. The van der Waals surface area contributed by atoms with Gasteiger partial charge in [-0.15, -0.1) is 0 Å². The van der Waals surface area contributed by atoms with E-state index in [0.717, 1.165) is 6.07 Å². The van der Waals surface area contributed by atoms with E-state index in [1.165, 1.54) is 12.1 Å². The minimum Gasteiger partial charge on any atom is -0.481 e. The van der Waals surface area contributed by atoms with E-state index in [-0.39, 0.29) is 22.7 Å². The zero-order valence-electron chi connectivity index (χ0n) is 11.2. The summed E-state index contributed by atoms with van der Waals surface area (Å²) in [5.74, 6) is -1.29. The van der Waals surface area contributed by atoms with E-state index in [9.17, 15) is 19.7 Å². The lowest BCUT2D eigenvalue weighted by molar-refractivity contribution is -0.384. The summed E-state index contributed by atoms with van der Waals surface area (Å²) in [6, 6.07) is 3.68. The monoisotopic (exact) mass is 314 g/mol. The molecule has 0 saturated carbocycles. The fraction of sp³-hybridized carbons (Fsp3) is 0.385. The summed E-state index contributed by atoms with van der Waals surface area (Å²) in [4.78, 5) is 32.2. The van der Waals surface area contributed by atoms with Crippen LogP contribution in [0.2, 0.25) is 5.02 Å². The van der Waals surface area contributed by atoms with Crippen molar-refractivity contribution in [3.05, 3.63) is 38.9 Å². The van der Waals surface area contributed by atoms with Crippen LogP contribution in [0.4, 0.5) is 5.69 Å². The number of nitrogens with zero attached hydrogens (tertiary/aromatic N) is 1. The molecule has 7 nitrogen and oxygen atoms in total. The van der Waals surface area contributed by atoms with Crippen molar-refractivity contribution in [2.75, 3.05) is 6.54 Å². The zero-order valence-corrected chi connectivity index (χ0v) is 11.9. The van der Waals surface area contributed by atoms with E-state index >= 15 is 0 Å². The highest BCUT2D eigenvalue weighted by Crippen LogP contribution is 2.20. The first-order valence-corrected chi connectivity index (χ1v) is 6.73. The number of nitro groups is 1. The number of nitro benzene ring substituents is 1. The van der Waals surface area contributed by atoms with Gasteiger partial charge in [-0.3, -0.25) is 19.7 Å². The molecule has 8 heteroatoms. The van der Waals surface area contributed by atoms with E-state index < -0.39 is 16.8 Å². The van der Waals surface area contributed by atoms with Crippen LogP contribution in [0.3, 0.4) is 0 Å². The summed E-state index contributed by atoms with van der Waals surface area (Å²) in [5, 5.41) is 21.9. The maximum atomic E-state index is 11.8. The topological polar surface area (TPSA) is 110 Å². The number of carboxylic acids is 1. The number of benzene rings is 1. The summed E-state index contributed by atoms with van der Waals surface area (Å²) < 4.78 is 0. The third-order valence-electron chi connectivity index (χ3n) is 2.71. The number of nitrogens with one attached hydrogen (secondary N) is 1. The molecule has 0 fully saturated rings. The summed E-state index contributed by atoms with van der Waals surface area (Å²) in [7, 11) is 0. The lowest BCUT2D eigenvalue weighted by Gasteiger charge is -2.05. The summed E-state index contributed by atoms with van der Waals surface area (Å²) in [5.41, 5.74) is -0.117. The minimum absolute atomic E-state index is 0.106. The Balaban J connectivity index is 2.45. The lowest BCUT2D eigenvalue weighted by Crippen LogP contribution is -2.24. The molecule has 0 aliphatic heterocycles. The largest absolute Gasteiger partial charge is 0.481 e. The average Bonchev–Trinajstić information content (AvgIpc) is 2.41. The molecule has 0 unspecified atom stereocenters. The molecule has 0 saturated heterocycles. The van der Waals surface area contributed by atoms with E-state index in [1.807, 2.05) is 0 Å². The number of rotatable bonds is 8. The van der Waals surface area contributed by atoms with Crippen LogP contribution in [0.1, 0.15) is 36.0 Å². The molecule has 0 radical (unpaired) electrons. The summed E-state index contributed by atoms with van der Waals surface area (Å²) in [6.07, 6.45) is 1.98. The first-order chi connectivity index (χ1) is 9.90. The van der Waals surface area contributed by atoms with E-state index in [4.69, 9.17) is 16.7 Å². The predicted octanol–water partition coefficient (Wildman–Crippen LogP) is 2.62. The molecule has 0 heterocycles. The van der Waals surface area contributed by atoms with Crippen molar-refractivity contribution >= 4 is 29.2 Å². The van der Waals surface area contributed by atoms with Crippen LogP contribution in [0.5, 0.6) is 0 Å². The zero-order chi connectivity index (χ0) is 15.8. The van der Waals surface area contributed by atoms with Crippen molar-refractivity contribution in [1.29, 1.82) is 0 Å². The second-order valence-electron chi connectivity index (χ2n) is 4.42. The van der Waals surface area contributed by atoms with Crippen molar-refractivity contribution in [2.24, 2.45) is 0 Å². The number of hydrogen-bond acceptors (Lipinski definition) is 4. The van der Waals surface area contributed by atoms with Crippen LogP contribution in [-0.4, -0.2) is 28.5 Å². The number of unbranched alkanes of at least 4 members (excludes halogenated alkanes) is 2. The molecule has 1 aromatic carbocycles. The second-order valence-corrected chi connectivity index (χ2v) is 4.85. The highest BCUT2D eigenvalue weighted by molar-refractivity contribution is 6.31. The molecule has 0 aliphatic rings. The predicted molar refractivity (Wildman–Crippen MR) is 76.5 cm³/mol. The Labute approximate surface area is 126 Å². The van der Waals surface area contributed by atoms with Crippen LogP contribution in [0, 0.1) is 10.1 Å². The van der Waals surface area contributed by atoms with Crippen molar-refractivity contribution in [1.82, 2.24) is 5.32 Å². The van der Waals surface area contributed by atoms with Gasteiger partial charge < -0.3 is 10.4 Å². The quantitative estimate of drug-likeness (QED) is 0.435. The Morgan fingerprint density at radius 2 is 1.95 bits per heavy atom. The number of hydrogen-bond donors (Lipinski definition) is 2. The third-order valence-corrected chi connectivity index (χ3v) is 2.93. The van der Waals surface area contributed by atoms with Crippen molar-refractivity contribution in [2.45, 2.75) is 25.7 Å². The van der Waals surface area contributed by atoms with Crippen molar-refractivity contribution < 1.29 is 19.6 Å². The standard InChI is InChI=1S/C13H15ClN2O5/c14-10-6-9(7-11(8-10)16(20)21)13(19)15-5-3-1-2-4-12(17)18/h6-8H,1-5H2,(H,15,19)(H,17,18). The normalized spacial score (nSPS) is 10.1. The number of aliphatic carboxylic acids is 1. The molecule has 21 heavy (non-hydrogen) atoms. The van der Waals surface area contributed by atoms with Gasteiger partial charge >= 0.3 is 5.97 Å². The number of carbonyl (C=O) groups is 2. The van der Waals surface area contributed by atoms with Crippen LogP contribution in [0.15, 0.2) is 18.2 Å². The summed E-state index contributed by atoms with van der Waals surface area (Å²) >= 11 is 5.73. The Morgan fingerprint density at radius 1 is 1.24 bits per heavy atom. The number of amides is 1. The van der Waals surface area contributed by atoms with Gasteiger partial charge in [0, 0.05) is 35.7 Å². The molecule has 0 aromatic heterocycles.